The maximum Gasteiger partial charge on any atom is 0.331 e. The van der Waals surface area contributed by atoms with Crippen LogP contribution in [0.25, 0.3) is 6.08 Å². The van der Waals surface area contributed by atoms with Crippen LogP contribution in [0.3, 0.4) is 0 Å². The van der Waals surface area contributed by atoms with Crippen LogP contribution in [0, 0.1) is 5.92 Å². The zero-order valence-electron chi connectivity index (χ0n) is 30.9. The van der Waals surface area contributed by atoms with Gasteiger partial charge in [-0.05, 0) is 89.1 Å². The van der Waals surface area contributed by atoms with Crippen LogP contribution >= 0.6 is 11.6 Å². The number of unbranched alkanes of at least 4 members (excludes halogenated alkanes) is 3. The molecule has 0 saturated heterocycles. The first kappa shape index (κ1) is 41.7. The zero-order valence-corrected chi connectivity index (χ0v) is 31.6. The Balaban J connectivity index is 1.45. The van der Waals surface area contributed by atoms with E-state index in [2.05, 4.69) is 15.6 Å². The van der Waals surface area contributed by atoms with Crippen molar-refractivity contribution in [3.05, 3.63) is 47.7 Å². The second kappa shape index (κ2) is 21.6. The molecule has 1 fully saturated rings. The van der Waals surface area contributed by atoms with Crippen LogP contribution in [0.1, 0.15) is 77.7 Å². The predicted molar refractivity (Wildman–Crippen MR) is 201 cm³/mol. The van der Waals surface area contributed by atoms with Gasteiger partial charge >= 0.3 is 5.97 Å². The van der Waals surface area contributed by atoms with Gasteiger partial charge in [0.2, 0.25) is 11.8 Å². The number of esters is 1. The molecule has 282 valence electrons. The van der Waals surface area contributed by atoms with E-state index in [9.17, 15) is 19.2 Å². The minimum Gasteiger partial charge on any atom is -0.457 e. The molecular formula is C38H56ClN5O7. The number of nitrogens with one attached hydrogen (secondary N) is 2. The fraction of sp³-hybridized carbons (Fsp3) is 0.605. The summed E-state index contributed by atoms with van der Waals surface area (Å²) in [6.45, 7) is 7.60. The van der Waals surface area contributed by atoms with Crippen LogP contribution < -0.4 is 15.5 Å². The molecule has 13 heteroatoms. The molecule has 1 heterocycles. The minimum atomic E-state index is -0.689. The Kier molecular flexibility index (Phi) is 17.6. The summed E-state index contributed by atoms with van der Waals surface area (Å²) >= 11 is 5.68. The molecule has 1 saturated carbocycles. The topological polar surface area (TPSA) is 139 Å². The highest BCUT2D eigenvalue weighted by atomic mass is 35.5. The molecule has 0 bridgehead atoms. The van der Waals surface area contributed by atoms with E-state index in [0.717, 1.165) is 43.5 Å². The van der Waals surface area contributed by atoms with Gasteiger partial charge in [-0.1, -0.05) is 25.0 Å². The van der Waals surface area contributed by atoms with Gasteiger partial charge in [-0.3, -0.25) is 19.3 Å². The number of alkyl halides is 1. The second-order valence-electron chi connectivity index (χ2n) is 14.0. The Hall–Kier alpha value is -3.74. The fourth-order valence-electron chi connectivity index (χ4n) is 5.63. The number of carbonyl (C=O) groups excluding carboxylic acids is 4. The highest BCUT2D eigenvalue weighted by Gasteiger charge is 2.32. The molecule has 1 aliphatic heterocycles. The van der Waals surface area contributed by atoms with Gasteiger partial charge in [-0.2, -0.15) is 0 Å². The molecule has 0 radical (unpaired) electrons. The van der Waals surface area contributed by atoms with Crippen molar-refractivity contribution < 1.29 is 33.4 Å². The van der Waals surface area contributed by atoms with Crippen molar-refractivity contribution in [2.45, 2.75) is 83.8 Å². The van der Waals surface area contributed by atoms with Gasteiger partial charge in [0, 0.05) is 56.9 Å². The van der Waals surface area contributed by atoms with Crippen molar-refractivity contribution >= 4 is 52.9 Å². The van der Waals surface area contributed by atoms with E-state index in [1.807, 2.05) is 43.3 Å². The van der Waals surface area contributed by atoms with Crippen molar-refractivity contribution in [3.63, 3.8) is 0 Å². The Morgan fingerprint density at radius 3 is 2.27 bits per heavy atom. The second-order valence-corrected chi connectivity index (χ2v) is 14.4. The molecule has 1 aromatic carbocycles. The quantitative estimate of drug-likeness (QED) is 0.0841. The molecule has 0 spiro atoms. The lowest BCUT2D eigenvalue weighted by Gasteiger charge is -2.29. The Bertz CT molecular complexity index is 1380. The molecule has 12 nitrogen and oxygen atoms in total. The number of hydrogen-bond acceptors (Lipinski definition) is 9. The number of carbonyl (C=O) groups is 4. The zero-order chi connectivity index (χ0) is 37.2. The molecule has 2 N–H and O–H groups in total. The van der Waals surface area contributed by atoms with E-state index in [0.29, 0.717) is 57.9 Å². The predicted octanol–water partition coefficient (Wildman–Crippen LogP) is 4.86. The SMILES string of the molecule is CN(C)c1ccc(/C=C2N=C(/C=C/C(=O)OC(C)(C)C)N(CC(=O)NC3CCC(C(=O)NCCOCCOCCCCCCCl)CC3)C\2=O)cc1. The summed E-state index contributed by atoms with van der Waals surface area (Å²) in [6, 6.07) is 7.51. The molecule has 1 aliphatic carbocycles. The normalized spacial score (nSPS) is 18.6. The van der Waals surface area contributed by atoms with E-state index in [-0.39, 0.29) is 41.9 Å². The van der Waals surface area contributed by atoms with Gasteiger partial charge in [0.15, 0.2) is 0 Å². The molecule has 2 aliphatic rings. The number of aliphatic imine (C=N–C) groups is 1. The van der Waals surface area contributed by atoms with Crippen molar-refractivity contribution in [2.24, 2.45) is 10.9 Å². The van der Waals surface area contributed by atoms with E-state index in [1.54, 1.807) is 26.8 Å². The third-order valence-corrected chi connectivity index (χ3v) is 8.59. The highest BCUT2D eigenvalue weighted by molar-refractivity contribution is 6.19. The highest BCUT2D eigenvalue weighted by Crippen LogP contribution is 2.25. The molecule has 0 aromatic heterocycles. The van der Waals surface area contributed by atoms with Crippen molar-refractivity contribution in [1.29, 1.82) is 0 Å². The molecule has 51 heavy (non-hydrogen) atoms. The van der Waals surface area contributed by atoms with Gasteiger partial charge in [0.25, 0.3) is 5.91 Å². The maximum absolute atomic E-state index is 13.5. The summed E-state index contributed by atoms with van der Waals surface area (Å²) in [5, 5.41) is 5.97. The average molecular weight is 730 g/mol. The molecule has 3 rings (SSSR count). The van der Waals surface area contributed by atoms with Gasteiger partial charge in [-0.15, -0.1) is 11.6 Å². The van der Waals surface area contributed by atoms with Crippen molar-refractivity contribution in [3.8, 4) is 0 Å². The summed E-state index contributed by atoms with van der Waals surface area (Å²) in [7, 11) is 3.89. The number of anilines is 1. The number of hydrogen-bond donors (Lipinski definition) is 2. The average Bonchev–Trinajstić information content (AvgIpc) is 3.36. The van der Waals surface area contributed by atoms with Gasteiger partial charge in [-0.25, -0.2) is 9.79 Å². The summed E-state index contributed by atoms with van der Waals surface area (Å²) in [6.07, 6.45) is 11.1. The standard InChI is InChI=1S/C38H56ClN5O7/c1-38(2,3)51-35(46)19-18-33-42-32(26-28-10-16-31(17-11-28)43(4)5)37(48)44(33)27-34(45)41-30-14-12-29(13-15-30)36(47)40-21-23-50-25-24-49-22-9-7-6-8-20-39/h10-11,16-19,26,29-30H,6-9,12-15,20-25,27H2,1-5H3,(H,40,47)(H,41,45)/b19-18+,32-26-. The summed E-state index contributed by atoms with van der Waals surface area (Å²) in [5.41, 5.74) is 1.24. The number of halogens is 1. The Morgan fingerprint density at radius 2 is 1.63 bits per heavy atom. The Morgan fingerprint density at radius 1 is 0.961 bits per heavy atom. The largest absolute Gasteiger partial charge is 0.457 e. The van der Waals surface area contributed by atoms with Crippen LogP contribution in [0.15, 0.2) is 47.1 Å². The van der Waals surface area contributed by atoms with Crippen LogP contribution in [0.5, 0.6) is 0 Å². The lowest BCUT2D eigenvalue weighted by Crippen LogP contribution is -2.46. The van der Waals surface area contributed by atoms with Gasteiger partial charge in [0.05, 0.1) is 19.8 Å². The van der Waals surface area contributed by atoms with Crippen LogP contribution in [-0.4, -0.2) is 106 Å². The number of amides is 3. The number of nitrogens with zero attached hydrogens (tertiary/aromatic N) is 3. The van der Waals surface area contributed by atoms with Crippen molar-refractivity contribution in [1.82, 2.24) is 15.5 Å². The molecular weight excluding hydrogens is 674 g/mol. The number of ether oxygens (including phenoxy) is 3. The van der Waals surface area contributed by atoms with E-state index >= 15 is 0 Å². The molecule has 1 aromatic rings. The number of benzene rings is 1. The first-order valence-electron chi connectivity index (χ1n) is 18.0. The third kappa shape index (κ3) is 15.6. The van der Waals surface area contributed by atoms with Crippen molar-refractivity contribution in [2.75, 3.05) is 64.4 Å². The lowest BCUT2D eigenvalue weighted by atomic mass is 9.85. The van der Waals surface area contributed by atoms with E-state index in [1.165, 1.54) is 17.1 Å². The molecule has 3 amide bonds. The smallest absolute Gasteiger partial charge is 0.331 e. The van der Waals surface area contributed by atoms with Gasteiger partial charge < -0.3 is 29.7 Å². The summed E-state index contributed by atoms with van der Waals surface area (Å²) in [5.74, 6) is -0.640. The maximum atomic E-state index is 13.5. The van der Waals surface area contributed by atoms with E-state index in [4.69, 9.17) is 25.8 Å². The first-order chi connectivity index (χ1) is 24.4. The van der Waals surface area contributed by atoms with Crippen LogP contribution in [0.2, 0.25) is 0 Å². The summed E-state index contributed by atoms with van der Waals surface area (Å²) in [4.78, 5) is 59.5. The Labute approximate surface area is 308 Å². The first-order valence-corrected chi connectivity index (χ1v) is 18.5. The van der Waals surface area contributed by atoms with Crippen LogP contribution in [-0.2, 0) is 33.4 Å². The number of amidine groups is 1. The lowest BCUT2D eigenvalue weighted by molar-refractivity contribution is -0.148. The van der Waals surface area contributed by atoms with Crippen LogP contribution in [0.4, 0.5) is 5.69 Å². The van der Waals surface area contributed by atoms with E-state index < -0.39 is 17.5 Å². The molecule has 0 unspecified atom stereocenters. The molecule has 0 atom stereocenters. The number of rotatable bonds is 20. The monoisotopic (exact) mass is 729 g/mol. The summed E-state index contributed by atoms with van der Waals surface area (Å²) < 4.78 is 16.5. The minimum absolute atomic E-state index is 0.00691. The fourth-order valence-corrected chi connectivity index (χ4v) is 5.82. The van der Waals surface area contributed by atoms with Gasteiger partial charge in [0.1, 0.15) is 23.7 Å². The third-order valence-electron chi connectivity index (χ3n) is 8.32.